The number of aromatic nitrogens is 1. The molecule has 0 aliphatic heterocycles. The van der Waals surface area contributed by atoms with E-state index in [1.54, 1.807) is 13.0 Å². The number of hydrogen-bond donors (Lipinski definition) is 1. The Morgan fingerprint density at radius 2 is 2.19 bits per heavy atom. The topological polar surface area (TPSA) is 76.5 Å². The molecule has 0 unspecified atom stereocenters. The van der Waals surface area contributed by atoms with Gasteiger partial charge in [-0.25, -0.2) is 14.6 Å². The van der Waals surface area contributed by atoms with Gasteiger partial charge in [-0.05, 0) is 24.6 Å². The number of esters is 1. The molecule has 0 aliphatic rings. The molecule has 0 fully saturated rings. The fraction of sp³-hybridized carbons (Fsp3) is 0.182. The molecule has 0 aromatic carbocycles. The number of carbonyl (C=O) groups is 2. The predicted octanol–water partition coefficient (Wildman–Crippen LogP) is 1.27. The number of aromatic carboxylic acids is 1. The molecule has 84 valence electrons. The number of ether oxygens (including phenoxy) is 1. The van der Waals surface area contributed by atoms with Gasteiger partial charge in [0, 0.05) is 17.8 Å². The Bertz CT molecular complexity index is 451. The van der Waals surface area contributed by atoms with Crippen LogP contribution in [-0.2, 0) is 9.53 Å². The molecule has 16 heavy (non-hydrogen) atoms. The van der Waals surface area contributed by atoms with Crippen LogP contribution >= 0.6 is 0 Å². The SMILES string of the molecule is COC(=O)C=Cc1cc(C)cnc1C(=O)O. The molecule has 0 radical (unpaired) electrons. The molecule has 0 saturated carbocycles. The van der Waals surface area contributed by atoms with Crippen LogP contribution in [-0.4, -0.2) is 29.1 Å². The zero-order valence-electron chi connectivity index (χ0n) is 8.93. The number of carbonyl (C=O) groups excluding carboxylic acids is 1. The van der Waals surface area contributed by atoms with Gasteiger partial charge in [-0.15, -0.1) is 0 Å². The highest BCUT2D eigenvalue weighted by Crippen LogP contribution is 2.10. The maximum absolute atomic E-state index is 10.9. The average Bonchev–Trinajstić information content (AvgIpc) is 2.25. The summed E-state index contributed by atoms with van der Waals surface area (Å²) in [5, 5.41) is 8.87. The Hall–Kier alpha value is -2.17. The zero-order valence-corrected chi connectivity index (χ0v) is 8.93. The summed E-state index contributed by atoms with van der Waals surface area (Å²) in [5.74, 6) is -1.68. The van der Waals surface area contributed by atoms with Gasteiger partial charge >= 0.3 is 11.9 Å². The van der Waals surface area contributed by atoms with Crippen molar-refractivity contribution in [3.05, 3.63) is 35.2 Å². The maximum atomic E-state index is 10.9. The van der Waals surface area contributed by atoms with E-state index in [1.165, 1.54) is 19.4 Å². The van der Waals surface area contributed by atoms with E-state index in [0.29, 0.717) is 5.56 Å². The summed E-state index contributed by atoms with van der Waals surface area (Å²) in [6.45, 7) is 1.79. The third kappa shape index (κ3) is 2.91. The lowest BCUT2D eigenvalue weighted by atomic mass is 10.1. The number of rotatable bonds is 3. The summed E-state index contributed by atoms with van der Waals surface area (Å²) in [4.78, 5) is 25.5. The molecule has 0 spiro atoms. The third-order valence-electron chi connectivity index (χ3n) is 1.86. The molecule has 5 nitrogen and oxygen atoms in total. The Morgan fingerprint density at radius 1 is 1.50 bits per heavy atom. The number of pyridine rings is 1. The van der Waals surface area contributed by atoms with Gasteiger partial charge in [0.25, 0.3) is 0 Å². The van der Waals surface area contributed by atoms with Crippen molar-refractivity contribution < 1.29 is 19.4 Å². The minimum Gasteiger partial charge on any atom is -0.476 e. The number of aryl methyl sites for hydroxylation is 1. The van der Waals surface area contributed by atoms with Crippen LogP contribution < -0.4 is 0 Å². The highest BCUT2D eigenvalue weighted by atomic mass is 16.5. The molecular formula is C11H11NO4. The van der Waals surface area contributed by atoms with Crippen LogP contribution in [0.2, 0.25) is 0 Å². The van der Waals surface area contributed by atoms with Crippen molar-refractivity contribution in [3.8, 4) is 0 Å². The van der Waals surface area contributed by atoms with E-state index in [4.69, 9.17) is 5.11 Å². The van der Waals surface area contributed by atoms with Gasteiger partial charge in [0.05, 0.1) is 7.11 Å². The van der Waals surface area contributed by atoms with Crippen molar-refractivity contribution in [2.24, 2.45) is 0 Å². The zero-order chi connectivity index (χ0) is 12.1. The van der Waals surface area contributed by atoms with E-state index in [9.17, 15) is 9.59 Å². The molecule has 1 aromatic rings. The van der Waals surface area contributed by atoms with E-state index in [-0.39, 0.29) is 5.69 Å². The van der Waals surface area contributed by atoms with Crippen LogP contribution in [0.1, 0.15) is 21.6 Å². The normalized spacial score (nSPS) is 10.4. The molecule has 0 aliphatic carbocycles. The number of carboxylic acids is 1. The number of methoxy groups -OCH3 is 1. The van der Waals surface area contributed by atoms with E-state index >= 15 is 0 Å². The fourth-order valence-corrected chi connectivity index (χ4v) is 1.12. The standard InChI is InChI=1S/C11H11NO4/c1-7-5-8(3-4-9(13)16-2)10(11(14)15)12-6-7/h3-6H,1-2H3,(H,14,15). The van der Waals surface area contributed by atoms with Crippen LogP contribution in [0.5, 0.6) is 0 Å². The third-order valence-corrected chi connectivity index (χ3v) is 1.86. The first kappa shape index (κ1) is 11.9. The predicted molar refractivity (Wildman–Crippen MR) is 57.0 cm³/mol. The smallest absolute Gasteiger partial charge is 0.355 e. The fourth-order valence-electron chi connectivity index (χ4n) is 1.12. The lowest BCUT2D eigenvalue weighted by molar-refractivity contribution is -0.134. The molecule has 1 rings (SSSR count). The summed E-state index contributed by atoms with van der Waals surface area (Å²) < 4.78 is 4.41. The van der Waals surface area contributed by atoms with E-state index in [0.717, 1.165) is 11.6 Å². The monoisotopic (exact) mass is 221 g/mol. The Labute approximate surface area is 92.4 Å². The van der Waals surface area contributed by atoms with Gasteiger partial charge in [-0.3, -0.25) is 0 Å². The molecule has 1 heterocycles. The second kappa shape index (κ2) is 5.06. The summed E-state index contributed by atoms with van der Waals surface area (Å²) in [7, 11) is 1.25. The number of hydrogen-bond acceptors (Lipinski definition) is 4. The van der Waals surface area contributed by atoms with Crippen LogP contribution in [0, 0.1) is 6.92 Å². The van der Waals surface area contributed by atoms with Gasteiger partial charge in [-0.1, -0.05) is 0 Å². The summed E-state index contributed by atoms with van der Waals surface area (Å²) >= 11 is 0. The Kier molecular flexibility index (Phi) is 3.77. The lowest BCUT2D eigenvalue weighted by Crippen LogP contribution is -2.04. The van der Waals surface area contributed by atoms with Crippen molar-refractivity contribution in [3.63, 3.8) is 0 Å². The van der Waals surface area contributed by atoms with Crippen molar-refractivity contribution in [2.75, 3.05) is 7.11 Å². The van der Waals surface area contributed by atoms with Crippen LogP contribution in [0.3, 0.4) is 0 Å². The van der Waals surface area contributed by atoms with Gasteiger partial charge < -0.3 is 9.84 Å². The van der Waals surface area contributed by atoms with E-state index in [2.05, 4.69) is 9.72 Å². The highest BCUT2D eigenvalue weighted by molar-refractivity contribution is 5.93. The van der Waals surface area contributed by atoms with Gasteiger partial charge in [0.2, 0.25) is 0 Å². The Morgan fingerprint density at radius 3 is 2.75 bits per heavy atom. The summed E-state index contributed by atoms with van der Waals surface area (Å²) in [6.07, 6.45) is 3.98. The first-order valence-electron chi connectivity index (χ1n) is 4.50. The second-order valence-corrected chi connectivity index (χ2v) is 3.11. The highest BCUT2D eigenvalue weighted by Gasteiger charge is 2.09. The molecule has 0 amide bonds. The molecular weight excluding hydrogens is 210 g/mol. The van der Waals surface area contributed by atoms with E-state index < -0.39 is 11.9 Å². The van der Waals surface area contributed by atoms with Crippen molar-refractivity contribution in [1.82, 2.24) is 4.98 Å². The van der Waals surface area contributed by atoms with Gasteiger partial charge in [0.1, 0.15) is 0 Å². The van der Waals surface area contributed by atoms with Crippen molar-refractivity contribution in [2.45, 2.75) is 6.92 Å². The molecule has 0 bridgehead atoms. The first-order chi connectivity index (χ1) is 7.54. The summed E-state index contributed by atoms with van der Waals surface area (Å²) in [6, 6.07) is 1.63. The van der Waals surface area contributed by atoms with Gasteiger partial charge in [0.15, 0.2) is 5.69 Å². The number of nitrogens with zero attached hydrogens (tertiary/aromatic N) is 1. The minimum absolute atomic E-state index is 0.0919. The molecule has 0 saturated heterocycles. The largest absolute Gasteiger partial charge is 0.476 e. The second-order valence-electron chi connectivity index (χ2n) is 3.11. The molecule has 5 heteroatoms. The van der Waals surface area contributed by atoms with Crippen molar-refractivity contribution >= 4 is 18.0 Å². The molecule has 1 N–H and O–H groups in total. The quantitative estimate of drug-likeness (QED) is 0.614. The van der Waals surface area contributed by atoms with Crippen LogP contribution in [0.15, 0.2) is 18.3 Å². The molecule has 0 atom stereocenters. The lowest BCUT2D eigenvalue weighted by Gasteiger charge is -2.01. The van der Waals surface area contributed by atoms with E-state index in [1.807, 2.05) is 0 Å². The number of carboxylic acid groups (broad SMARTS) is 1. The maximum Gasteiger partial charge on any atom is 0.355 e. The van der Waals surface area contributed by atoms with Crippen LogP contribution in [0.4, 0.5) is 0 Å². The Balaban J connectivity index is 3.10. The first-order valence-corrected chi connectivity index (χ1v) is 4.50. The average molecular weight is 221 g/mol. The van der Waals surface area contributed by atoms with Crippen molar-refractivity contribution in [1.29, 1.82) is 0 Å². The minimum atomic E-state index is -1.13. The van der Waals surface area contributed by atoms with Crippen LogP contribution in [0.25, 0.3) is 6.08 Å². The summed E-state index contributed by atoms with van der Waals surface area (Å²) in [5.41, 5.74) is 1.10. The molecule has 1 aromatic heterocycles. The van der Waals surface area contributed by atoms with Gasteiger partial charge in [-0.2, -0.15) is 0 Å².